The predicted octanol–water partition coefficient (Wildman–Crippen LogP) is 1.47. The number of aliphatic imine (C=N–C) groups is 2. The fourth-order valence-corrected chi connectivity index (χ4v) is 2.06. The third kappa shape index (κ3) is 1.72. The largest absolute Gasteiger partial charge is 0.361 e. The molecule has 0 aliphatic carbocycles. The summed E-state index contributed by atoms with van der Waals surface area (Å²) in [5.41, 5.74) is 3.33. The van der Waals surface area contributed by atoms with E-state index in [0.29, 0.717) is 24.0 Å². The number of aldehydes is 2. The zero-order chi connectivity index (χ0) is 13.2. The first-order valence-corrected chi connectivity index (χ1v) is 5.67. The molecule has 0 saturated heterocycles. The third-order valence-electron chi connectivity index (χ3n) is 2.96. The Kier molecular flexibility index (Phi) is 2.64. The lowest BCUT2D eigenvalue weighted by Crippen LogP contribution is -1.95. The average molecular weight is 251 g/mol. The van der Waals surface area contributed by atoms with Crippen LogP contribution in [0.5, 0.6) is 0 Å². The quantitative estimate of drug-likeness (QED) is 0.826. The molecule has 0 fully saturated rings. The Labute approximate surface area is 108 Å². The van der Waals surface area contributed by atoms with Crippen LogP contribution in [-0.2, 0) is 9.59 Å². The van der Waals surface area contributed by atoms with Crippen LogP contribution in [-0.4, -0.2) is 30.0 Å². The zero-order valence-electron chi connectivity index (χ0n) is 9.83. The maximum Gasteiger partial charge on any atom is 0.153 e. The van der Waals surface area contributed by atoms with Gasteiger partial charge in [-0.05, 0) is 18.2 Å². The Morgan fingerprint density at radius 2 is 2.00 bits per heavy atom. The minimum atomic E-state index is 0.279. The molecule has 19 heavy (non-hydrogen) atoms. The Hall–Kier alpha value is -2.82. The second-order valence-corrected chi connectivity index (χ2v) is 4.00. The van der Waals surface area contributed by atoms with Gasteiger partial charge in [0.1, 0.15) is 5.70 Å². The van der Waals surface area contributed by atoms with E-state index in [1.165, 1.54) is 6.21 Å². The molecular formula is C14H9N3O2. The summed E-state index contributed by atoms with van der Waals surface area (Å²) in [4.78, 5) is 33.4. The van der Waals surface area contributed by atoms with Crippen LogP contribution in [0.25, 0.3) is 5.57 Å². The summed E-state index contributed by atoms with van der Waals surface area (Å²) >= 11 is 0. The highest BCUT2D eigenvalue weighted by molar-refractivity contribution is 6.13. The monoisotopic (exact) mass is 251 g/mol. The number of H-pyrrole nitrogens is 1. The van der Waals surface area contributed by atoms with Crippen molar-refractivity contribution in [2.75, 3.05) is 0 Å². The van der Waals surface area contributed by atoms with Crippen molar-refractivity contribution < 1.29 is 9.59 Å². The van der Waals surface area contributed by atoms with Crippen molar-refractivity contribution in [3.05, 3.63) is 52.6 Å². The Balaban J connectivity index is 2.14. The molecule has 0 saturated carbocycles. The molecule has 2 aliphatic rings. The van der Waals surface area contributed by atoms with Crippen molar-refractivity contribution in [2.45, 2.75) is 0 Å². The van der Waals surface area contributed by atoms with Gasteiger partial charge in [-0.25, -0.2) is 0 Å². The molecule has 3 heterocycles. The number of carbonyl (C=O) groups is 2. The lowest BCUT2D eigenvalue weighted by Gasteiger charge is -2.05. The van der Waals surface area contributed by atoms with Crippen LogP contribution in [0, 0.1) is 0 Å². The van der Waals surface area contributed by atoms with Gasteiger partial charge in [-0.15, -0.1) is 0 Å². The standard InChI is InChI=1S/C14H9N3O2/c18-7-9-6-17-14(11(9)8-19)13-10(3-5-16-13)12-2-1-4-15-12/h1-8,15H/b14-13+. The number of nitrogens with one attached hydrogen (secondary N) is 1. The highest BCUT2D eigenvalue weighted by Crippen LogP contribution is 2.33. The summed E-state index contributed by atoms with van der Waals surface area (Å²) in [6.45, 7) is 0. The lowest BCUT2D eigenvalue weighted by molar-refractivity contribution is -0.106. The number of aromatic nitrogens is 1. The van der Waals surface area contributed by atoms with E-state index in [1.54, 1.807) is 6.21 Å². The molecule has 1 N–H and O–H groups in total. The van der Waals surface area contributed by atoms with E-state index in [-0.39, 0.29) is 11.1 Å². The van der Waals surface area contributed by atoms with Gasteiger partial charge in [-0.2, -0.15) is 0 Å². The lowest BCUT2D eigenvalue weighted by atomic mass is 10.0. The molecule has 1 aromatic rings. The van der Waals surface area contributed by atoms with E-state index in [9.17, 15) is 9.59 Å². The minimum absolute atomic E-state index is 0.279. The molecule has 0 aromatic carbocycles. The summed E-state index contributed by atoms with van der Waals surface area (Å²) < 4.78 is 0. The van der Waals surface area contributed by atoms with Crippen LogP contribution >= 0.6 is 0 Å². The summed E-state index contributed by atoms with van der Waals surface area (Å²) in [5.74, 6) is 0. The minimum Gasteiger partial charge on any atom is -0.361 e. The van der Waals surface area contributed by atoms with Crippen LogP contribution in [0.2, 0.25) is 0 Å². The van der Waals surface area contributed by atoms with Gasteiger partial charge in [0.25, 0.3) is 0 Å². The van der Waals surface area contributed by atoms with Gasteiger partial charge >= 0.3 is 0 Å². The Morgan fingerprint density at radius 1 is 1.11 bits per heavy atom. The molecule has 0 atom stereocenters. The first kappa shape index (κ1) is 11.3. The van der Waals surface area contributed by atoms with Gasteiger partial charge in [0.05, 0.1) is 11.3 Å². The number of rotatable bonds is 3. The van der Waals surface area contributed by atoms with Crippen LogP contribution in [0.1, 0.15) is 5.69 Å². The molecule has 0 amide bonds. The van der Waals surface area contributed by atoms with Gasteiger partial charge in [-0.1, -0.05) is 0 Å². The number of hydrogen-bond acceptors (Lipinski definition) is 4. The SMILES string of the molecule is O=CC1=C(C=O)/C(=C2\N=CC=C2c2ccc[nH]2)N=C1. The molecule has 0 radical (unpaired) electrons. The van der Waals surface area contributed by atoms with Crippen molar-refractivity contribution in [3.63, 3.8) is 0 Å². The highest BCUT2D eigenvalue weighted by Gasteiger charge is 2.23. The highest BCUT2D eigenvalue weighted by atomic mass is 16.1. The third-order valence-corrected chi connectivity index (χ3v) is 2.96. The van der Waals surface area contributed by atoms with E-state index < -0.39 is 0 Å². The van der Waals surface area contributed by atoms with Gasteiger partial charge in [0.2, 0.25) is 0 Å². The van der Waals surface area contributed by atoms with Crippen molar-refractivity contribution in [3.8, 4) is 0 Å². The molecule has 92 valence electrons. The molecule has 0 unspecified atom stereocenters. The Morgan fingerprint density at radius 3 is 2.68 bits per heavy atom. The average Bonchev–Trinajstić information content (AvgIpc) is 3.16. The second kappa shape index (κ2) is 4.45. The molecule has 3 rings (SSSR count). The van der Waals surface area contributed by atoms with Gasteiger partial charge in [-0.3, -0.25) is 19.6 Å². The van der Waals surface area contributed by atoms with E-state index >= 15 is 0 Å². The number of hydrogen-bond donors (Lipinski definition) is 1. The Bertz CT molecular complexity index is 701. The first-order chi connectivity index (χ1) is 9.35. The summed E-state index contributed by atoms with van der Waals surface area (Å²) in [7, 11) is 0. The van der Waals surface area contributed by atoms with Crippen molar-refractivity contribution in [1.29, 1.82) is 0 Å². The topological polar surface area (TPSA) is 74.7 Å². The molecule has 1 aromatic heterocycles. The maximum atomic E-state index is 11.1. The van der Waals surface area contributed by atoms with Crippen molar-refractivity contribution in [1.82, 2.24) is 4.98 Å². The molecule has 5 nitrogen and oxygen atoms in total. The molecule has 0 spiro atoms. The summed E-state index contributed by atoms with van der Waals surface area (Å²) in [6.07, 6.45) is 7.94. The number of carbonyl (C=O) groups excluding carboxylic acids is 2. The van der Waals surface area contributed by atoms with Crippen LogP contribution < -0.4 is 0 Å². The van der Waals surface area contributed by atoms with Crippen molar-refractivity contribution >= 4 is 30.6 Å². The summed E-state index contributed by atoms with van der Waals surface area (Å²) in [6, 6.07) is 3.78. The van der Waals surface area contributed by atoms with Gasteiger partial charge in [0, 0.05) is 35.5 Å². The molecule has 2 aliphatic heterocycles. The molecule has 5 heteroatoms. The summed E-state index contributed by atoms with van der Waals surface area (Å²) in [5, 5.41) is 0. The number of nitrogens with zero attached hydrogens (tertiary/aromatic N) is 2. The van der Waals surface area contributed by atoms with Crippen LogP contribution in [0.15, 0.2) is 56.9 Å². The van der Waals surface area contributed by atoms with Gasteiger partial charge in [0.15, 0.2) is 12.6 Å². The van der Waals surface area contributed by atoms with Gasteiger partial charge < -0.3 is 4.98 Å². The zero-order valence-corrected chi connectivity index (χ0v) is 9.83. The maximum absolute atomic E-state index is 11.1. The van der Waals surface area contributed by atoms with Crippen LogP contribution in [0.3, 0.4) is 0 Å². The predicted molar refractivity (Wildman–Crippen MR) is 71.9 cm³/mol. The fourth-order valence-electron chi connectivity index (χ4n) is 2.06. The van der Waals surface area contributed by atoms with Crippen LogP contribution in [0.4, 0.5) is 0 Å². The number of allylic oxidation sites excluding steroid dienone is 4. The van der Waals surface area contributed by atoms with E-state index in [4.69, 9.17) is 0 Å². The van der Waals surface area contributed by atoms with E-state index in [0.717, 1.165) is 11.3 Å². The molecular weight excluding hydrogens is 242 g/mol. The fraction of sp³-hybridized carbons (Fsp3) is 0. The van der Waals surface area contributed by atoms with Crippen molar-refractivity contribution in [2.24, 2.45) is 9.98 Å². The van der Waals surface area contributed by atoms with E-state index in [2.05, 4.69) is 15.0 Å². The smallest absolute Gasteiger partial charge is 0.153 e. The van der Waals surface area contributed by atoms with E-state index in [1.807, 2.05) is 24.4 Å². The second-order valence-electron chi connectivity index (χ2n) is 4.00. The normalized spacial score (nSPS) is 21.2. The first-order valence-electron chi connectivity index (χ1n) is 5.67. The molecule has 0 bridgehead atoms. The number of aromatic amines is 1.